The van der Waals surface area contributed by atoms with E-state index in [9.17, 15) is 0 Å². The summed E-state index contributed by atoms with van der Waals surface area (Å²) in [5.74, 6) is 2.41. The molecule has 0 spiro atoms. The van der Waals surface area contributed by atoms with E-state index in [2.05, 4.69) is 41.8 Å². The molecule has 0 aromatic carbocycles. The third-order valence-electron chi connectivity index (χ3n) is 4.29. The van der Waals surface area contributed by atoms with Gasteiger partial charge in [-0.15, -0.1) is 11.3 Å². The summed E-state index contributed by atoms with van der Waals surface area (Å²) in [6.45, 7) is 4.77. The van der Waals surface area contributed by atoms with E-state index < -0.39 is 0 Å². The van der Waals surface area contributed by atoms with Gasteiger partial charge in [0.05, 0.1) is 11.9 Å². The minimum atomic E-state index is 0.370. The van der Waals surface area contributed by atoms with Crippen molar-refractivity contribution >= 4 is 27.4 Å². The molecule has 126 valence electrons. The number of thiophene rings is 1. The highest BCUT2D eigenvalue weighted by Crippen LogP contribution is 2.25. The van der Waals surface area contributed by atoms with Crippen LogP contribution in [0.4, 0.5) is 5.82 Å². The fourth-order valence-electron chi connectivity index (χ4n) is 3.11. The predicted octanol–water partition coefficient (Wildman–Crippen LogP) is 2.71. The van der Waals surface area contributed by atoms with Gasteiger partial charge in [-0.1, -0.05) is 12.1 Å². The SMILES string of the molecule is CCc1nc(CN2CCC[C@H](Nc3ncnc4sccc34)C2)no1. The Morgan fingerprint density at radius 1 is 1.42 bits per heavy atom. The average molecular weight is 344 g/mol. The number of rotatable bonds is 5. The molecule has 0 bridgehead atoms. The Bertz CT molecular complexity index is 816. The lowest BCUT2D eigenvalue weighted by atomic mass is 10.1. The standard InChI is InChI=1S/C16H20N6OS/c1-2-14-20-13(21-23-14)9-22-6-3-4-11(8-22)19-15-12-5-7-24-16(12)18-10-17-15/h5,7,10-11H,2-4,6,8-9H2,1H3,(H,17,18,19)/t11-/m0/s1. The quantitative estimate of drug-likeness (QED) is 0.762. The van der Waals surface area contributed by atoms with Crippen LogP contribution in [-0.4, -0.2) is 44.1 Å². The van der Waals surface area contributed by atoms with Crippen molar-refractivity contribution in [3.8, 4) is 0 Å². The van der Waals surface area contributed by atoms with Gasteiger partial charge in [0.25, 0.3) is 0 Å². The zero-order chi connectivity index (χ0) is 16.4. The van der Waals surface area contributed by atoms with E-state index in [1.807, 2.05) is 6.92 Å². The number of nitrogens with zero attached hydrogens (tertiary/aromatic N) is 5. The van der Waals surface area contributed by atoms with Gasteiger partial charge in [-0.25, -0.2) is 9.97 Å². The predicted molar refractivity (Wildman–Crippen MR) is 93.0 cm³/mol. The maximum absolute atomic E-state index is 5.20. The molecule has 3 aromatic heterocycles. The first kappa shape index (κ1) is 15.5. The second kappa shape index (κ2) is 6.82. The van der Waals surface area contributed by atoms with Crippen molar-refractivity contribution in [1.82, 2.24) is 25.0 Å². The third kappa shape index (κ3) is 3.25. The first-order chi connectivity index (χ1) is 11.8. The van der Waals surface area contributed by atoms with Crippen LogP contribution in [0.5, 0.6) is 0 Å². The highest BCUT2D eigenvalue weighted by molar-refractivity contribution is 7.16. The topological polar surface area (TPSA) is 80.0 Å². The number of hydrogen-bond acceptors (Lipinski definition) is 8. The number of fused-ring (bicyclic) bond motifs is 1. The Labute approximate surface area is 144 Å². The molecule has 1 atom stereocenters. The third-order valence-corrected chi connectivity index (χ3v) is 5.11. The normalized spacial score (nSPS) is 19.0. The lowest BCUT2D eigenvalue weighted by Crippen LogP contribution is -2.42. The lowest BCUT2D eigenvalue weighted by molar-refractivity contribution is 0.201. The van der Waals surface area contributed by atoms with E-state index in [1.54, 1.807) is 17.7 Å². The van der Waals surface area contributed by atoms with Crippen LogP contribution in [0, 0.1) is 0 Å². The number of anilines is 1. The van der Waals surface area contributed by atoms with Gasteiger partial charge in [-0.05, 0) is 30.8 Å². The van der Waals surface area contributed by atoms with Gasteiger partial charge in [0.2, 0.25) is 5.89 Å². The Morgan fingerprint density at radius 3 is 3.25 bits per heavy atom. The van der Waals surface area contributed by atoms with Crippen LogP contribution in [0.15, 0.2) is 22.3 Å². The molecule has 1 aliphatic rings. The van der Waals surface area contributed by atoms with Gasteiger partial charge in [0, 0.05) is 19.0 Å². The van der Waals surface area contributed by atoms with Crippen molar-refractivity contribution in [2.75, 3.05) is 18.4 Å². The first-order valence-corrected chi connectivity index (χ1v) is 9.18. The molecule has 1 N–H and O–H groups in total. The molecule has 24 heavy (non-hydrogen) atoms. The van der Waals surface area contributed by atoms with Crippen LogP contribution in [0.3, 0.4) is 0 Å². The van der Waals surface area contributed by atoms with Crippen molar-refractivity contribution in [2.45, 2.75) is 38.8 Å². The van der Waals surface area contributed by atoms with E-state index in [1.165, 1.54) is 0 Å². The minimum absolute atomic E-state index is 0.370. The van der Waals surface area contributed by atoms with Gasteiger partial charge in [-0.2, -0.15) is 4.98 Å². The monoisotopic (exact) mass is 344 g/mol. The summed E-state index contributed by atoms with van der Waals surface area (Å²) in [4.78, 5) is 16.5. The highest BCUT2D eigenvalue weighted by Gasteiger charge is 2.22. The molecule has 0 aliphatic carbocycles. The number of aryl methyl sites for hydroxylation is 1. The summed E-state index contributed by atoms with van der Waals surface area (Å²) < 4.78 is 5.20. The number of nitrogens with one attached hydrogen (secondary N) is 1. The number of piperidine rings is 1. The molecule has 0 amide bonds. The van der Waals surface area contributed by atoms with Crippen LogP contribution in [0.25, 0.3) is 10.2 Å². The summed E-state index contributed by atoms with van der Waals surface area (Å²) in [7, 11) is 0. The summed E-state index contributed by atoms with van der Waals surface area (Å²) in [6.07, 6.45) is 4.70. The Hall–Kier alpha value is -2.06. The Balaban J connectivity index is 1.42. The second-order valence-electron chi connectivity index (χ2n) is 6.04. The Morgan fingerprint density at radius 2 is 2.38 bits per heavy atom. The maximum atomic E-state index is 5.20. The van der Waals surface area contributed by atoms with Crippen LogP contribution >= 0.6 is 11.3 Å². The second-order valence-corrected chi connectivity index (χ2v) is 6.93. The van der Waals surface area contributed by atoms with E-state index in [0.29, 0.717) is 11.9 Å². The molecule has 4 rings (SSSR count). The highest BCUT2D eigenvalue weighted by atomic mass is 32.1. The molecule has 1 fully saturated rings. The van der Waals surface area contributed by atoms with Gasteiger partial charge in [0.1, 0.15) is 17.0 Å². The molecule has 8 heteroatoms. The minimum Gasteiger partial charge on any atom is -0.365 e. The summed E-state index contributed by atoms with van der Waals surface area (Å²) >= 11 is 1.64. The molecule has 0 unspecified atom stereocenters. The molecule has 1 aliphatic heterocycles. The fourth-order valence-corrected chi connectivity index (χ4v) is 3.85. The van der Waals surface area contributed by atoms with Crippen molar-refractivity contribution in [3.05, 3.63) is 29.5 Å². The number of likely N-dealkylation sites (tertiary alicyclic amines) is 1. The van der Waals surface area contributed by atoms with E-state index in [0.717, 1.165) is 60.8 Å². The molecular weight excluding hydrogens is 324 g/mol. The van der Waals surface area contributed by atoms with Crippen molar-refractivity contribution in [1.29, 1.82) is 0 Å². The summed E-state index contributed by atoms with van der Waals surface area (Å²) in [5, 5.41) is 10.8. The fraction of sp³-hybridized carbons (Fsp3) is 0.500. The summed E-state index contributed by atoms with van der Waals surface area (Å²) in [5.41, 5.74) is 0. The van der Waals surface area contributed by atoms with Crippen molar-refractivity contribution in [2.24, 2.45) is 0 Å². The Kier molecular flexibility index (Phi) is 4.40. The molecule has 0 saturated carbocycles. The van der Waals surface area contributed by atoms with Crippen LogP contribution in [0.1, 0.15) is 31.5 Å². The lowest BCUT2D eigenvalue weighted by Gasteiger charge is -2.32. The molecule has 0 radical (unpaired) electrons. The van der Waals surface area contributed by atoms with E-state index in [-0.39, 0.29) is 0 Å². The van der Waals surface area contributed by atoms with Crippen molar-refractivity contribution in [3.63, 3.8) is 0 Å². The summed E-state index contributed by atoms with van der Waals surface area (Å²) in [6, 6.07) is 2.45. The van der Waals surface area contributed by atoms with Crippen LogP contribution in [0.2, 0.25) is 0 Å². The van der Waals surface area contributed by atoms with Gasteiger partial charge < -0.3 is 9.84 Å². The molecular formula is C16H20N6OS. The van der Waals surface area contributed by atoms with Crippen LogP contribution in [-0.2, 0) is 13.0 Å². The average Bonchev–Trinajstić information content (AvgIpc) is 3.24. The number of aromatic nitrogens is 4. The maximum Gasteiger partial charge on any atom is 0.226 e. The van der Waals surface area contributed by atoms with E-state index >= 15 is 0 Å². The van der Waals surface area contributed by atoms with Gasteiger partial charge >= 0.3 is 0 Å². The number of hydrogen-bond donors (Lipinski definition) is 1. The molecule has 4 heterocycles. The smallest absolute Gasteiger partial charge is 0.226 e. The molecule has 7 nitrogen and oxygen atoms in total. The van der Waals surface area contributed by atoms with Crippen LogP contribution < -0.4 is 5.32 Å². The largest absolute Gasteiger partial charge is 0.365 e. The zero-order valence-electron chi connectivity index (χ0n) is 13.6. The van der Waals surface area contributed by atoms with Gasteiger partial charge in [-0.3, -0.25) is 4.90 Å². The zero-order valence-corrected chi connectivity index (χ0v) is 14.4. The molecule has 3 aromatic rings. The molecule has 1 saturated heterocycles. The van der Waals surface area contributed by atoms with Crippen molar-refractivity contribution < 1.29 is 4.52 Å². The first-order valence-electron chi connectivity index (χ1n) is 8.30. The van der Waals surface area contributed by atoms with E-state index in [4.69, 9.17) is 4.52 Å². The van der Waals surface area contributed by atoms with Gasteiger partial charge in [0.15, 0.2) is 5.82 Å².